The fourth-order valence-corrected chi connectivity index (χ4v) is 4.32. The lowest BCUT2D eigenvalue weighted by atomic mass is 9.90. The molecule has 0 spiro atoms. The fourth-order valence-electron chi connectivity index (χ4n) is 4.32. The fraction of sp³-hybridized carbons (Fsp3) is 0.286. The second kappa shape index (κ2) is 10.8. The van der Waals surface area contributed by atoms with Crippen LogP contribution in [0.4, 0.5) is 16.0 Å². The molecule has 2 N–H and O–H groups in total. The molecule has 1 fully saturated rings. The number of ether oxygens (including phenoxy) is 3. The third kappa shape index (κ3) is 5.59. The van der Waals surface area contributed by atoms with Crippen LogP contribution in [0.15, 0.2) is 60.8 Å². The van der Waals surface area contributed by atoms with E-state index in [-0.39, 0.29) is 24.9 Å². The number of benzene rings is 2. The Morgan fingerprint density at radius 3 is 2.56 bits per heavy atom. The van der Waals surface area contributed by atoms with Crippen LogP contribution < -0.4 is 10.1 Å². The van der Waals surface area contributed by atoms with E-state index >= 15 is 0 Å². The van der Waals surface area contributed by atoms with Gasteiger partial charge >= 0.3 is 0 Å². The number of amides is 1. The van der Waals surface area contributed by atoms with E-state index in [0.717, 1.165) is 5.69 Å². The highest BCUT2D eigenvalue weighted by Crippen LogP contribution is 2.36. The van der Waals surface area contributed by atoms with E-state index < -0.39 is 11.7 Å². The second-order valence-corrected chi connectivity index (χ2v) is 9.69. The molecule has 1 aliphatic heterocycles. The first-order valence-corrected chi connectivity index (χ1v) is 12.3. The van der Waals surface area contributed by atoms with Crippen LogP contribution in [-0.2, 0) is 14.3 Å². The first-order chi connectivity index (χ1) is 18.8. The van der Waals surface area contributed by atoms with Gasteiger partial charge in [0.1, 0.15) is 11.6 Å². The lowest BCUT2D eigenvalue weighted by molar-refractivity contribution is -0.233. The number of aromatic amines is 1. The Hall–Kier alpha value is -4.35. The standard InChI is InChI=1S/C28H29FN6O4/c1-28(26(36)35(2)3)15-38-25(39-16-28)24-33-22(17-8-10-18(29)11-9-17)23(34-24)21-12-13-30-27(32-21)31-19-6-5-7-20(14-19)37-4/h5-14,25H,15-16H2,1-4H3,(H,33,34)(H,30,31,32). The zero-order chi connectivity index (χ0) is 27.6. The lowest BCUT2D eigenvalue weighted by Crippen LogP contribution is -2.48. The molecule has 0 radical (unpaired) electrons. The number of carbonyl (C=O) groups is 1. The molecular weight excluding hydrogens is 503 g/mol. The number of hydrogen-bond donors (Lipinski definition) is 2. The Balaban J connectivity index is 1.47. The number of nitrogens with one attached hydrogen (secondary N) is 2. The minimum absolute atomic E-state index is 0.0786. The molecule has 0 aliphatic carbocycles. The van der Waals surface area contributed by atoms with Crippen molar-refractivity contribution >= 4 is 17.5 Å². The number of anilines is 2. The molecule has 5 rings (SSSR count). The van der Waals surface area contributed by atoms with E-state index in [1.54, 1.807) is 52.5 Å². The molecule has 1 amide bonds. The normalized spacial score (nSPS) is 18.9. The molecule has 11 heteroatoms. The maximum absolute atomic E-state index is 13.7. The van der Waals surface area contributed by atoms with Crippen molar-refractivity contribution in [1.82, 2.24) is 24.8 Å². The highest BCUT2D eigenvalue weighted by molar-refractivity contribution is 5.82. The molecule has 4 aromatic rings. The van der Waals surface area contributed by atoms with Gasteiger partial charge in [-0.1, -0.05) is 6.07 Å². The number of aromatic nitrogens is 4. The summed E-state index contributed by atoms with van der Waals surface area (Å²) in [5.41, 5.74) is 2.31. The highest BCUT2D eigenvalue weighted by atomic mass is 19.1. The molecule has 0 saturated carbocycles. The summed E-state index contributed by atoms with van der Waals surface area (Å²) in [5, 5.41) is 3.18. The van der Waals surface area contributed by atoms with E-state index in [1.165, 1.54) is 17.0 Å². The van der Waals surface area contributed by atoms with Crippen LogP contribution in [0.25, 0.3) is 22.6 Å². The molecule has 10 nitrogen and oxygen atoms in total. The summed E-state index contributed by atoms with van der Waals surface area (Å²) < 4.78 is 30.9. The van der Waals surface area contributed by atoms with Crippen LogP contribution in [0.1, 0.15) is 19.0 Å². The number of H-pyrrole nitrogens is 1. The number of carbonyl (C=O) groups excluding carboxylic acids is 1. The van der Waals surface area contributed by atoms with Crippen molar-refractivity contribution in [2.24, 2.45) is 5.41 Å². The molecule has 2 aromatic carbocycles. The smallest absolute Gasteiger partial charge is 0.232 e. The van der Waals surface area contributed by atoms with Crippen LogP contribution in [0, 0.1) is 11.2 Å². The minimum atomic E-state index is -0.822. The first kappa shape index (κ1) is 26.3. The summed E-state index contributed by atoms with van der Waals surface area (Å²) in [6.45, 7) is 2.14. The number of methoxy groups -OCH3 is 1. The molecule has 1 saturated heterocycles. The largest absolute Gasteiger partial charge is 0.497 e. The summed E-state index contributed by atoms with van der Waals surface area (Å²) in [4.78, 5) is 31.2. The molecule has 0 atom stereocenters. The average molecular weight is 533 g/mol. The Kier molecular flexibility index (Phi) is 7.27. The Morgan fingerprint density at radius 1 is 1.13 bits per heavy atom. The van der Waals surface area contributed by atoms with E-state index in [9.17, 15) is 9.18 Å². The highest BCUT2D eigenvalue weighted by Gasteiger charge is 2.41. The van der Waals surface area contributed by atoms with Crippen molar-refractivity contribution in [2.75, 3.05) is 39.7 Å². The van der Waals surface area contributed by atoms with E-state index in [2.05, 4.69) is 20.3 Å². The quantitative estimate of drug-likeness (QED) is 0.356. The van der Waals surface area contributed by atoms with Gasteiger partial charge in [0, 0.05) is 37.6 Å². The second-order valence-electron chi connectivity index (χ2n) is 9.69. The van der Waals surface area contributed by atoms with Crippen molar-refractivity contribution in [2.45, 2.75) is 13.2 Å². The molecule has 39 heavy (non-hydrogen) atoms. The van der Waals surface area contributed by atoms with Gasteiger partial charge in [-0.25, -0.2) is 19.3 Å². The molecule has 0 bridgehead atoms. The van der Waals surface area contributed by atoms with Crippen LogP contribution in [0.5, 0.6) is 5.75 Å². The number of imidazole rings is 1. The number of nitrogens with zero attached hydrogens (tertiary/aromatic N) is 4. The van der Waals surface area contributed by atoms with Crippen molar-refractivity contribution in [1.29, 1.82) is 0 Å². The first-order valence-electron chi connectivity index (χ1n) is 12.3. The monoisotopic (exact) mass is 532 g/mol. The molecule has 2 aromatic heterocycles. The Labute approximate surface area is 225 Å². The maximum atomic E-state index is 13.7. The van der Waals surface area contributed by atoms with Gasteiger partial charge in [0.25, 0.3) is 0 Å². The minimum Gasteiger partial charge on any atom is -0.497 e. The molecule has 3 heterocycles. The summed E-state index contributed by atoms with van der Waals surface area (Å²) >= 11 is 0. The number of rotatable bonds is 7. The Morgan fingerprint density at radius 2 is 1.87 bits per heavy atom. The molecule has 0 unspecified atom stereocenters. The summed E-state index contributed by atoms with van der Waals surface area (Å²) in [5.74, 6) is 1.04. The number of halogens is 1. The van der Waals surface area contributed by atoms with E-state index in [1.807, 2.05) is 24.3 Å². The van der Waals surface area contributed by atoms with Crippen molar-refractivity contribution in [3.63, 3.8) is 0 Å². The van der Waals surface area contributed by atoms with Crippen molar-refractivity contribution in [3.8, 4) is 28.4 Å². The van der Waals surface area contributed by atoms with Gasteiger partial charge in [0.2, 0.25) is 18.1 Å². The Bertz CT molecular complexity index is 1470. The van der Waals surface area contributed by atoms with Crippen molar-refractivity contribution in [3.05, 3.63) is 72.4 Å². The van der Waals surface area contributed by atoms with Gasteiger partial charge in [-0.05, 0) is 49.4 Å². The zero-order valence-electron chi connectivity index (χ0n) is 22.1. The summed E-state index contributed by atoms with van der Waals surface area (Å²) in [7, 11) is 5.00. The number of hydrogen-bond acceptors (Lipinski definition) is 8. The lowest BCUT2D eigenvalue weighted by Gasteiger charge is -2.36. The third-order valence-electron chi connectivity index (χ3n) is 6.33. The van der Waals surface area contributed by atoms with Crippen LogP contribution in [-0.4, -0.2) is 65.2 Å². The van der Waals surface area contributed by atoms with Crippen LogP contribution in [0.2, 0.25) is 0 Å². The van der Waals surface area contributed by atoms with Gasteiger partial charge in [0.15, 0.2) is 5.82 Å². The van der Waals surface area contributed by atoms with Gasteiger partial charge in [0.05, 0.1) is 42.8 Å². The third-order valence-corrected chi connectivity index (χ3v) is 6.33. The van der Waals surface area contributed by atoms with Gasteiger partial charge in [-0.2, -0.15) is 0 Å². The molecular formula is C28H29FN6O4. The topological polar surface area (TPSA) is 114 Å². The van der Waals surface area contributed by atoms with Gasteiger partial charge < -0.3 is 29.4 Å². The van der Waals surface area contributed by atoms with Gasteiger partial charge in [-0.3, -0.25) is 4.79 Å². The maximum Gasteiger partial charge on any atom is 0.232 e. The van der Waals surface area contributed by atoms with E-state index in [4.69, 9.17) is 19.2 Å². The SMILES string of the molecule is COc1cccc(Nc2nccc(-c3[nH]c(C4OCC(C)(C(=O)N(C)C)CO4)nc3-c3ccc(F)cc3)n2)c1. The average Bonchev–Trinajstić information content (AvgIpc) is 3.39. The summed E-state index contributed by atoms with van der Waals surface area (Å²) in [6, 6.07) is 15.2. The van der Waals surface area contributed by atoms with Crippen LogP contribution in [0.3, 0.4) is 0 Å². The predicted octanol–water partition coefficient (Wildman–Crippen LogP) is 4.56. The predicted molar refractivity (Wildman–Crippen MR) is 143 cm³/mol. The van der Waals surface area contributed by atoms with E-state index in [0.29, 0.717) is 40.2 Å². The van der Waals surface area contributed by atoms with Gasteiger partial charge in [-0.15, -0.1) is 0 Å². The van der Waals surface area contributed by atoms with Crippen LogP contribution >= 0.6 is 0 Å². The summed E-state index contributed by atoms with van der Waals surface area (Å²) in [6.07, 6.45) is 0.809. The zero-order valence-corrected chi connectivity index (χ0v) is 22.1. The molecule has 202 valence electrons. The van der Waals surface area contributed by atoms with Crippen molar-refractivity contribution < 1.29 is 23.4 Å². The molecule has 1 aliphatic rings.